The monoisotopic (exact) mass is 176 g/mol. The Labute approximate surface area is 77.3 Å². The summed E-state index contributed by atoms with van der Waals surface area (Å²) in [4.78, 5) is 0. The lowest BCUT2D eigenvalue weighted by molar-refractivity contribution is 0.234. The molecule has 0 aromatic carbocycles. The van der Waals surface area contributed by atoms with Gasteiger partial charge < -0.3 is 9.84 Å². The second-order valence-corrected chi connectivity index (χ2v) is 1.82. The summed E-state index contributed by atoms with van der Waals surface area (Å²) < 4.78 is 4.57. The molecule has 0 fully saturated rings. The Morgan fingerprint density at radius 3 is 1.92 bits per heavy atom. The Morgan fingerprint density at radius 1 is 1.42 bits per heavy atom. The van der Waals surface area contributed by atoms with Crippen LogP contribution in [0, 0.1) is 0 Å². The van der Waals surface area contributed by atoms with Crippen LogP contribution in [0.3, 0.4) is 0 Å². The van der Waals surface area contributed by atoms with E-state index < -0.39 is 0 Å². The summed E-state index contributed by atoms with van der Waals surface area (Å²) in [5.41, 5.74) is 0. The van der Waals surface area contributed by atoms with Crippen LogP contribution in [-0.2, 0) is 4.74 Å². The van der Waals surface area contributed by atoms with Gasteiger partial charge in [0.1, 0.15) is 0 Å². The van der Waals surface area contributed by atoms with Crippen LogP contribution in [0.2, 0.25) is 0 Å². The van der Waals surface area contributed by atoms with Crippen molar-refractivity contribution in [2.45, 2.75) is 33.6 Å². The summed E-state index contributed by atoms with van der Waals surface area (Å²) in [7, 11) is 1.64. The molecular weight excluding hydrogens is 152 g/mol. The van der Waals surface area contributed by atoms with Crippen molar-refractivity contribution in [2.75, 3.05) is 20.3 Å². The lowest BCUT2D eigenvalue weighted by Gasteiger charge is -1.79. The highest BCUT2D eigenvalue weighted by Crippen LogP contribution is 1.78. The fourth-order valence-electron chi connectivity index (χ4n) is 0.276. The number of ether oxygens (including phenoxy) is 1. The minimum absolute atomic E-state index is 0.344. The Bertz CT molecular complexity index is 51.8. The molecule has 0 saturated carbocycles. The molecule has 0 unspecified atom stereocenters. The molecule has 2 heteroatoms. The molecule has 2 nitrogen and oxygen atoms in total. The van der Waals surface area contributed by atoms with E-state index in [0.717, 1.165) is 12.8 Å². The smallest absolute Gasteiger partial charge is 0.0641 e. The van der Waals surface area contributed by atoms with Gasteiger partial charge in [-0.15, -0.1) is 6.58 Å². The van der Waals surface area contributed by atoms with Crippen molar-refractivity contribution in [2.24, 2.45) is 0 Å². The molecule has 0 rings (SSSR count). The number of aliphatic hydroxyl groups excluding tert-OH is 1. The van der Waals surface area contributed by atoms with Crippen LogP contribution in [0.25, 0.3) is 0 Å². The number of methoxy groups -OCH3 is 1. The highest BCUT2D eigenvalue weighted by molar-refractivity contribution is 4.62. The predicted molar refractivity (Wildman–Crippen MR) is 55.4 cm³/mol. The first kappa shape index (κ1) is 17.7. The molecule has 0 aliphatic carbocycles. The SMILES string of the molecule is C=CCOC.CC.CCCCO. The third-order valence-electron chi connectivity index (χ3n) is 0.796. The zero-order valence-corrected chi connectivity index (χ0v) is 8.97. The van der Waals surface area contributed by atoms with Gasteiger partial charge in [0.05, 0.1) is 6.61 Å². The maximum Gasteiger partial charge on any atom is 0.0641 e. The van der Waals surface area contributed by atoms with Crippen LogP contribution >= 0.6 is 0 Å². The number of rotatable bonds is 4. The summed E-state index contributed by atoms with van der Waals surface area (Å²) in [5.74, 6) is 0. The Kier molecular flexibility index (Phi) is 45.7. The lowest BCUT2D eigenvalue weighted by atomic mass is 10.4. The van der Waals surface area contributed by atoms with E-state index in [2.05, 4.69) is 18.2 Å². The van der Waals surface area contributed by atoms with Crippen LogP contribution in [0.1, 0.15) is 33.6 Å². The van der Waals surface area contributed by atoms with Crippen molar-refractivity contribution in [1.82, 2.24) is 0 Å². The predicted octanol–water partition coefficient (Wildman–Crippen LogP) is 2.62. The average Bonchev–Trinajstić information content (AvgIpc) is 2.12. The van der Waals surface area contributed by atoms with Gasteiger partial charge in [-0.3, -0.25) is 0 Å². The van der Waals surface area contributed by atoms with Gasteiger partial charge in [-0.25, -0.2) is 0 Å². The largest absolute Gasteiger partial charge is 0.396 e. The van der Waals surface area contributed by atoms with E-state index in [1.54, 1.807) is 13.2 Å². The van der Waals surface area contributed by atoms with Crippen molar-refractivity contribution >= 4 is 0 Å². The van der Waals surface area contributed by atoms with E-state index in [9.17, 15) is 0 Å². The van der Waals surface area contributed by atoms with Gasteiger partial charge in [0, 0.05) is 13.7 Å². The molecule has 0 saturated heterocycles. The maximum atomic E-state index is 8.07. The zero-order valence-electron chi connectivity index (χ0n) is 8.97. The number of hydrogen-bond donors (Lipinski definition) is 1. The summed E-state index contributed by atoms with van der Waals surface area (Å²) in [6.07, 6.45) is 3.75. The topological polar surface area (TPSA) is 29.5 Å². The molecule has 0 spiro atoms. The molecule has 0 heterocycles. The summed E-state index contributed by atoms with van der Waals surface area (Å²) >= 11 is 0. The average molecular weight is 176 g/mol. The Morgan fingerprint density at radius 2 is 1.92 bits per heavy atom. The first-order chi connectivity index (χ1) is 5.83. The van der Waals surface area contributed by atoms with Crippen molar-refractivity contribution in [3.8, 4) is 0 Å². The van der Waals surface area contributed by atoms with E-state index in [4.69, 9.17) is 5.11 Å². The minimum atomic E-state index is 0.344. The van der Waals surface area contributed by atoms with Gasteiger partial charge >= 0.3 is 0 Å². The normalized spacial score (nSPS) is 7.08. The molecule has 0 aromatic heterocycles. The molecule has 12 heavy (non-hydrogen) atoms. The number of aliphatic hydroxyl groups is 1. The van der Waals surface area contributed by atoms with E-state index >= 15 is 0 Å². The van der Waals surface area contributed by atoms with E-state index in [-0.39, 0.29) is 0 Å². The number of hydrogen-bond acceptors (Lipinski definition) is 2. The summed E-state index contributed by atoms with van der Waals surface area (Å²) in [6.45, 7) is 10.5. The first-order valence-corrected chi connectivity index (χ1v) is 4.54. The minimum Gasteiger partial charge on any atom is -0.396 e. The molecular formula is C10H24O2. The fraction of sp³-hybridized carbons (Fsp3) is 0.800. The summed E-state index contributed by atoms with van der Waals surface area (Å²) in [5, 5.41) is 8.07. The molecule has 0 atom stereocenters. The van der Waals surface area contributed by atoms with Gasteiger partial charge in [0.2, 0.25) is 0 Å². The van der Waals surface area contributed by atoms with Crippen molar-refractivity contribution in [1.29, 1.82) is 0 Å². The van der Waals surface area contributed by atoms with Crippen LogP contribution in [0.15, 0.2) is 12.7 Å². The lowest BCUT2D eigenvalue weighted by Crippen LogP contribution is -1.76. The van der Waals surface area contributed by atoms with Gasteiger partial charge in [-0.1, -0.05) is 33.3 Å². The first-order valence-electron chi connectivity index (χ1n) is 4.54. The Balaban J connectivity index is -0.000000112. The molecule has 1 N–H and O–H groups in total. The third kappa shape index (κ3) is 54.1. The molecule has 0 aliphatic heterocycles. The van der Waals surface area contributed by atoms with Crippen LogP contribution in [0.4, 0.5) is 0 Å². The van der Waals surface area contributed by atoms with Gasteiger partial charge in [0.15, 0.2) is 0 Å². The second-order valence-electron chi connectivity index (χ2n) is 1.82. The standard InChI is InChI=1S/C4H8O.C4H10O.C2H6/c1-3-4-5-2;1-2-3-4-5;1-2/h3H,1,4H2,2H3;5H,2-4H2,1H3;1-2H3. The van der Waals surface area contributed by atoms with Crippen molar-refractivity contribution in [3.63, 3.8) is 0 Å². The third-order valence-corrected chi connectivity index (χ3v) is 0.796. The number of unbranched alkanes of at least 4 members (excludes halogenated alkanes) is 1. The molecule has 0 amide bonds. The van der Waals surface area contributed by atoms with Gasteiger partial charge in [0.25, 0.3) is 0 Å². The van der Waals surface area contributed by atoms with Crippen LogP contribution in [-0.4, -0.2) is 25.4 Å². The molecule has 0 aromatic rings. The maximum absolute atomic E-state index is 8.07. The molecule has 0 bridgehead atoms. The van der Waals surface area contributed by atoms with Crippen LogP contribution in [0.5, 0.6) is 0 Å². The quantitative estimate of drug-likeness (QED) is 0.667. The fourth-order valence-corrected chi connectivity index (χ4v) is 0.276. The highest BCUT2D eigenvalue weighted by atomic mass is 16.5. The molecule has 0 radical (unpaired) electrons. The van der Waals surface area contributed by atoms with Gasteiger partial charge in [-0.2, -0.15) is 0 Å². The van der Waals surface area contributed by atoms with E-state index in [0.29, 0.717) is 13.2 Å². The summed E-state index contributed by atoms with van der Waals surface area (Å²) in [6, 6.07) is 0. The zero-order chi connectivity index (χ0) is 10.2. The van der Waals surface area contributed by atoms with Crippen molar-refractivity contribution < 1.29 is 9.84 Å². The molecule has 0 aliphatic rings. The van der Waals surface area contributed by atoms with Gasteiger partial charge in [-0.05, 0) is 6.42 Å². The van der Waals surface area contributed by atoms with Crippen LogP contribution < -0.4 is 0 Å². The van der Waals surface area contributed by atoms with E-state index in [1.165, 1.54) is 0 Å². The highest BCUT2D eigenvalue weighted by Gasteiger charge is 1.69. The van der Waals surface area contributed by atoms with E-state index in [1.807, 2.05) is 13.8 Å². The van der Waals surface area contributed by atoms with Crippen molar-refractivity contribution in [3.05, 3.63) is 12.7 Å². The Hall–Kier alpha value is -0.340. The molecule has 76 valence electrons. The second kappa shape index (κ2) is 31.1.